The summed E-state index contributed by atoms with van der Waals surface area (Å²) >= 11 is 1.77. The molecule has 1 N–H and O–H groups in total. The SMILES string of the molecule is CC(=O)/C=C(/C)O.Cc1[c-]c(-c2ncc3c4c(cccc24)SC=C3)cc(C)c1.[Ir]. The standard InChI is InChI=1S/C19H14NS.C5H8O2.Ir/c1-12-8-13(2)10-15(9-12)19-16-4-3-5-17-18(16)14(11-20-19)6-7-21-17;1-4(6)3-5(2)7;/h3-9,11H,1-2H3;3,6H,1-2H3;/q-1;;/b;4-3-;. The first-order chi connectivity index (χ1) is 13.3. The van der Waals surface area contributed by atoms with Crippen LogP contribution in [0.1, 0.15) is 30.5 Å². The smallest absolute Gasteiger partial charge is 0.155 e. The van der Waals surface area contributed by atoms with Gasteiger partial charge in [0.2, 0.25) is 0 Å². The van der Waals surface area contributed by atoms with Crippen molar-refractivity contribution in [2.75, 3.05) is 0 Å². The Bertz CT molecular complexity index is 1100. The molecule has 3 nitrogen and oxygen atoms in total. The maximum Gasteiger partial charge on any atom is 0.155 e. The van der Waals surface area contributed by atoms with Gasteiger partial charge >= 0.3 is 0 Å². The van der Waals surface area contributed by atoms with Crippen molar-refractivity contribution in [3.8, 4) is 11.3 Å². The van der Waals surface area contributed by atoms with Gasteiger partial charge in [0.1, 0.15) is 0 Å². The van der Waals surface area contributed by atoms with Crippen molar-refractivity contribution in [1.82, 2.24) is 4.98 Å². The Morgan fingerprint density at radius 3 is 2.59 bits per heavy atom. The molecule has 0 spiro atoms. The Labute approximate surface area is 189 Å². The van der Waals surface area contributed by atoms with Crippen LogP contribution in [0.3, 0.4) is 0 Å². The third kappa shape index (κ3) is 5.66. The maximum absolute atomic E-state index is 10.0. The second-order valence-corrected chi connectivity index (χ2v) is 7.76. The molecule has 29 heavy (non-hydrogen) atoms. The molecule has 0 amide bonds. The van der Waals surface area contributed by atoms with Gasteiger partial charge in [0.15, 0.2) is 5.78 Å². The number of hydrogen-bond donors (Lipinski definition) is 1. The van der Waals surface area contributed by atoms with Crippen LogP contribution in [0.15, 0.2) is 58.7 Å². The van der Waals surface area contributed by atoms with E-state index in [0.717, 1.165) is 16.8 Å². The van der Waals surface area contributed by atoms with E-state index in [-0.39, 0.29) is 31.6 Å². The molecule has 2 aromatic carbocycles. The molecule has 3 aromatic rings. The number of aromatic nitrogens is 1. The predicted octanol–water partition coefficient (Wildman–Crippen LogP) is 6.43. The number of pyridine rings is 1. The van der Waals surface area contributed by atoms with E-state index in [1.54, 1.807) is 11.8 Å². The van der Waals surface area contributed by atoms with Crippen LogP contribution in [-0.2, 0) is 24.9 Å². The number of ketones is 1. The van der Waals surface area contributed by atoms with Crippen LogP contribution in [0.4, 0.5) is 0 Å². The first-order valence-electron chi connectivity index (χ1n) is 8.99. The Balaban J connectivity index is 0.000000327. The summed E-state index contributed by atoms with van der Waals surface area (Å²) in [7, 11) is 0. The molecule has 0 atom stereocenters. The van der Waals surface area contributed by atoms with Gasteiger partial charge in [-0.3, -0.25) is 4.79 Å². The molecule has 2 heterocycles. The second kappa shape index (κ2) is 10.0. The number of aliphatic hydroxyl groups excluding tert-OH is 1. The molecule has 0 fully saturated rings. The van der Waals surface area contributed by atoms with Crippen LogP contribution in [-0.4, -0.2) is 15.9 Å². The van der Waals surface area contributed by atoms with Gasteiger partial charge in [-0.1, -0.05) is 37.7 Å². The molecule has 0 saturated heterocycles. The average Bonchev–Trinajstić information content (AvgIpc) is 2.61. The number of carbonyl (C=O) groups excluding carboxylic acids is 1. The van der Waals surface area contributed by atoms with Crippen molar-refractivity contribution in [1.29, 1.82) is 0 Å². The number of aryl methyl sites for hydroxylation is 2. The van der Waals surface area contributed by atoms with Gasteiger partial charge in [0, 0.05) is 42.8 Å². The molecule has 0 aliphatic carbocycles. The quantitative estimate of drug-likeness (QED) is 0.216. The van der Waals surface area contributed by atoms with E-state index < -0.39 is 0 Å². The van der Waals surface area contributed by atoms with Crippen LogP contribution in [0.25, 0.3) is 28.1 Å². The van der Waals surface area contributed by atoms with Gasteiger partial charge in [-0.15, -0.1) is 34.9 Å². The first kappa shape index (κ1) is 23.1. The van der Waals surface area contributed by atoms with Gasteiger partial charge < -0.3 is 10.1 Å². The molecule has 1 aliphatic heterocycles. The van der Waals surface area contributed by atoms with Crippen molar-refractivity contribution in [3.05, 3.63) is 76.5 Å². The molecule has 5 heteroatoms. The Hall–Kier alpha value is -2.20. The zero-order valence-corrected chi connectivity index (χ0v) is 20.0. The third-order valence-corrected chi connectivity index (χ3v) is 5.03. The van der Waals surface area contributed by atoms with E-state index in [2.05, 4.69) is 61.7 Å². The number of aliphatic hydroxyl groups is 1. The fourth-order valence-electron chi connectivity index (χ4n) is 3.23. The predicted molar refractivity (Wildman–Crippen MR) is 117 cm³/mol. The topological polar surface area (TPSA) is 50.2 Å². The largest absolute Gasteiger partial charge is 0.512 e. The fraction of sp³-hybridized carbons (Fsp3) is 0.167. The number of benzene rings is 2. The summed E-state index contributed by atoms with van der Waals surface area (Å²) in [5.74, 6) is -0.0625. The van der Waals surface area contributed by atoms with E-state index in [4.69, 9.17) is 10.1 Å². The maximum atomic E-state index is 10.0. The average molecular weight is 581 g/mol. The molecule has 1 radical (unpaired) electrons. The summed E-state index contributed by atoms with van der Waals surface area (Å²) in [6.07, 6.45) is 5.28. The monoisotopic (exact) mass is 581 g/mol. The van der Waals surface area contributed by atoms with Crippen LogP contribution in [0.2, 0.25) is 0 Å². The molecular weight excluding hydrogens is 559 g/mol. The molecule has 0 bridgehead atoms. The van der Waals surface area contributed by atoms with Crippen molar-refractivity contribution in [2.45, 2.75) is 32.6 Å². The summed E-state index contributed by atoms with van der Waals surface area (Å²) < 4.78 is 0. The molecule has 0 unspecified atom stereocenters. The van der Waals surface area contributed by atoms with Crippen LogP contribution in [0.5, 0.6) is 0 Å². The van der Waals surface area contributed by atoms with Gasteiger partial charge in [-0.2, -0.15) is 0 Å². The van der Waals surface area contributed by atoms with Crippen LogP contribution < -0.4 is 0 Å². The second-order valence-electron chi connectivity index (χ2n) is 6.81. The van der Waals surface area contributed by atoms with Crippen LogP contribution >= 0.6 is 11.8 Å². The van der Waals surface area contributed by atoms with E-state index >= 15 is 0 Å². The van der Waals surface area contributed by atoms with Crippen molar-refractivity contribution in [3.63, 3.8) is 0 Å². The molecule has 1 aromatic heterocycles. The zero-order chi connectivity index (χ0) is 20.3. The Morgan fingerprint density at radius 1 is 1.21 bits per heavy atom. The molecular formula is C24H22IrNO2S-. The van der Waals surface area contributed by atoms with E-state index in [9.17, 15) is 4.79 Å². The number of rotatable bonds is 2. The zero-order valence-electron chi connectivity index (χ0n) is 16.7. The number of allylic oxidation sites excluding steroid dienone is 2. The number of nitrogens with zero attached hydrogens (tertiary/aromatic N) is 1. The van der Waals surface area contributed by atoms with Crippen molar-refractivity contribution >= 4 is 34.4 Å². The molecule has 1 aliphatic rings. The van der Waals surface area contributed by atoms with E-state index in [1.165, 1.54) is 46.7 Å². The molecule has 0 saturated carbocycles. The van der Waals surface area contributed by atoms with Gasteiger partial charge in [-0.05, 0) is 47.9 Å². The van der Waals surface area contributed by atoms with Gasteiger partial charge in [0.05, 0.1) is 5.76 Å². The fourth-order valence-corrected chi connectivity index (χ4v) is 4.10. The van der Waals surface area contributed by atoms with E-state index in [1.807, 2.05) is 6.20 Å². The van der Waals surface area contributed by atoms with Gasteiger partial charge in [0.25, 0.3) is 0 Å². The third-order valence-electron chi connectivity index (χ3n) is 4.16. The summed E-state index contributed by atoms with van der Waals surface area (Å²) in [4.78, 5) is 16.0. The minimum atomic E-state index is -0.125. The summed E-state index contributed by atoms with van der Waals surface area (Å²) in [6.45, 7) is 7.05. The minimum Gasteiger partial charge on any atom is -0.512 e. The minimum absolute atomic E-state index is 0. The van der Waals surface area contributed by atoms with E-state index in [0.29, 0.717) is 0 Å². The first-order valence-corrected chi connectivity index (χ1v) is 9.87. The van der Waals surface area contributed by atoms with Crippen molar-refractivity contribution in [2.24, 2.45) is 0 Å². The van der Waals surface area contributed by atoms with Crippen LogP contribution in [0, 0.1) is 19.9 Å². The number of carbonyl (C=O) groups is 1. The number of hydrogen-bond acceptors (Lipinski definition) is 4. The Morgan fingerprint density at radius 2 is 1.97 bits per heavy atom. The Kier molecular flexibility index (Phi) is 7.97. The van der Waals surface area contributed by atoms with Crippen molar-refractivity contribution < 1.29 is 30.0 Å². The summed E-state index contributed by atoms with van der Waals surface area (Å²) in [6, 6.07) is 14.2. The summed E-state index contributed by atoms with van der Waals surface area (Å²) in [5.41, 5.74) is 5.71. The summed E-state index contributed by atoms with van der Waals surface area (Å²) in [5, 5.41) is 13.0. The normalized spacial score (nSPS) is 12.1. The molecule has 4 rings (SSSR count). The molecule has 151 valence electrons. The number of thioether (sulfide) groups is 1. The van der Waals surface area contributed by atoms with Gasteiger partial charge in [-0.25, -0.2) is 0 Å².